The van der Waals surface area contributed by atoms with Crippen molar-refractivity contribution in [3.8, 4) is 5.75 Å². The summed E-state index contributed by atoms with van der Waals surface area (Å²) < 4.78 is 5.59. The Morgan fingerprint density at radius 1 is 1.27 bits per heavy atom. The lowest BCUT2D eigenvalue weighted by Gasteiger charge is -2.51. The van der Waals surface area contributed by atoms with Crippen LogP contribution < -0.4 is 4.74 Å². The van der Waals surface area contributed by atoms with Crippen LogP contribution in [0.25, 0.3) is 0 Å². The van der Waals surface area contributed by atoms with Crippen LogP contribution in [0.5, 0.6) is 5.75 Å². The zero-order chi connectivity index (χ0) is 23.9. The molecular formula is C28H41N3O2. The van der Waals surface area contributed by atoms with Crippen LogP contribution in [0, 0.1) is 12.8 Å². The van der Waals surface area contributed by atoms with Gasteiger partial charge in [-0.3, -0.25) is 4.79 Å². The Morgan fingerprint density at radius 3 is 2.64 bits per heavy atom. The minimum absolute atomic E-state index is 0.0700. The van der Waals surface area contributed by atoms with E-state index in [0.717, 1.165) is 55.9 Å². The predicted molar refractivity (Wildman–Crippen MR) is 134 cm³/mol. The zero-order valence-electron chi connectivity index (χ0n) is 21.5. The second-order valence-corrected chi connectivity index (χ2v) is 10.6. The highest BCUT2D eigenvalue weighted by atomic mass is 16.5. The second kappa shape index (κ2) is 9.17. The minimum Gasteiger partial charge on any atom is -0.497 e. The number of carbonyl (C=O) groups is 1. The molecule has 33 heavy (non-hydrogen) atoms. The molecule has 2 aliphatic rings. The fourth-order valence-electron chi connectivity index (χ4n) is 6.43. The van der Waals surface area contributed by atoms with Crippen LogP contribution in [0.2, 0.25) is 0 Å². The third-order valence-electron chi connectivity index (χ3n) is 8.20. The van der Waals surface area contributed by atoms with E-state index in [9.17, 15) is 4.79 Å². The highest BCUT2D eigenvalue weighted by molar-refractivity contribution is 5.95. The molecular weight excluding hydrogens is 410 g/mol. The molecule has 1 aromatic carbocycles. The van der Waals surface area contributed by atoms with Crippen LogP contribution in [0.4, 0.5) is 0 Å². The lowest BCUT2D eigenvalue weighted by molar-refractivity contribution is 0.0637. The molecule has 0 spiro atoms. The van der Waals surface area contributed by atoms with E-state index in [1.165, 1.54) is 16.8 Å². The molecule has 5 nitrogen and oxygen atoms in total. The molecule has 180 valence electrons. The van der Waals surface area contributed by atoms with Crippen molar-refractivity contribution in [1.29, 1.82) is 0 Å². The van der Waals surface area contributed by atoms with E-state index in [0.29, 0.717) is 5.92 Å². The Morgan fingerprint density at radius 2 is 2.00 bits per heavy atom. The van der Waals surface area contributed by atoms with Gasteiger partial charge in [0.2, 0.25) is 0 Å². The Hall–Kier alpha value is -2.27. The molecule has 0 saturated carbocycles. The molecule has 1 N–H and O–H groups in total. The highest BCUT2D eigenvalue weighted by Crippen LogP contribution is 2.49. The van der Waals surface area contributed by atoms with Gasteiger partial charge in [0.1, 0.15) is 11.4 Å². The number of nitrogens with zero attached hydrogens (tertiary/aromatic N) is 2. The molecule has 2 heterocycles. The molecule has 2 aromatic rings. The maximum atomic E-state index is 13.6. The number of amides is 1. The molecule has 5 heteroatoms. The predicted octanol–water partition coefficient (Wildman–Crippen LogP) is 4.97. The molecule has 1 aromatic heterocycles. The smallest absolute Gasteiger partial charge is 0.271 e. The molecule has 1 aliphatic heterocycles. The topological polar surface area (TPSA) is 48.6 Å². The van der Waals surface area contributed by atoms with Crippen molar-refractivity contribution in [2.75, 3.05) is 26.7 Å². The lowest BCUT2D eigenvalue weighted by Crippen LogP contribution is -2.53. The number of methoxy groups -OCH3 is 1. The first kappa shape index (κ1) is 23.9. The fourth-order valence-corrected chi connectivity index (χ4v) is 6.43. The molecule has 4 rings (SSSR count). The maximum Gasteiger partial charge on any atom is 0.271 e. The summed E-state index contributed by atoms with van der Waals surface area (Å²) in [6.07, 6.45) is 3.10. The molecule has 1 saturated heterocycles. The average molecular weight is 452 g/mol. The Bertz CT molecular complexity index is 1000. The monoisotopic (exact) mass is 451 g/mol. The Kier molecular flexibility index (Phi) is 6.63. The van der Waals surface area contributed by atoms with Gasteiger partial charge in [-0.05, 0) is 102 Å². The number of nitrogens with one attached hydrogen (secondary N) is 1. The summed E-state index contributed by atoms with van der Waals surface area (Å²) in [4.78, 5) is 21.8. The van der Waals surface area contributed by atoms with Gasteiger partial charge in [-0.2, -0.15) is 0 Å². The number of hydrogen-bond acceptors (Lipinski definition) is 3. The van der Waals surface area contributed by atoms with Gasteiger partial charge in [-0.1, -0.05) is 19.1 Å². The number of hydrogen-bond donors (Lipinski definition) is 1. The number of aromatic nitrogens is 1. The number of piperidine rings is 1. The van der Waals surface area contributed by atoms with Crippen molar-refractivity contribution < 1.29 is 9.53 Å². The Labute approximate surface area is 199 Å². The zero-order valence-corrected chi connectivity index (χ0v) is 21.5. The largest absolute Gasteiger partial charge is 0.497 e. The van der Waals surface area contributed by atoms with Crippen molar-refractivity contribution in [2.45, 2.75) is 78.3 Å². The van der Waals surface area contributed by atoms with E-state index in [1.807, 2.05) is 11.0 Å². The summed E-state index contributed by atoms with van der Waals surface area (Å²) in [5, 5.41) is 0. The number of rotatable bonds is 6. The summed E-state index contributed by atoms with van der Waals surface area (Å²) >= 11 is 0. The minimum atomic E-state index is 0.0700. The van der Waals surface area contributed by atoms with Gasteiger partial charge in [0, 0.05) is 29.7 Å². The molecule has 1 amide bonds. The molecule has 2 unspecified atom stereocenters. The van der Waals surface area contributed by atoms with Crippen LogP contribution >= 0.6 is 0 Å². The van der Waals surface area contributed by atoms with Crippen LogP contribution in [0.15, 0.2) is 24.3 Å². The molecule has 1 fully saturated rings. The summed E-state index contributed by atoms with van der Waals surface area (Å²) in [5.74, 6) is 1.57. The van der Waals surface area contributed by atoms with Crippen LogP contribution in [0.3, 0.4) is 0 Å². The first-order valence-electron chi connectivity index (χ1n) is 12.6. The standard InChI is InChI=1S/C28H41N3O2/c1-8-30-13-12-28(21-10-9-11-23(14-21)33-7)16-25-24(15-22(28)17-30)20(6)26(29-25)27(32)31(18(2)3)19(4)5/h9-11,14,18-19,22,29H,8,12-13,15-17H2,1-7H3. The van der Waals surface area contributed by atoms with Gasteiger partial charge in [-0.15, -0.1) is 0 Å². The summed E-state index contributed by atoms with van der Waals surface area (Å²) in [5.41, 5.74) is 6.00. The molecule has 1 aliphatic carbocycles. The van der Waals surface area contributed by atoms with Crippen molar-refractivity contribution in [2.24, 2.45) is 5.92 Å². The van der Waals surface area contributed by atoms with Gasteiger partial charge in [-0.25, -0.2) is 0 Å². The first-order chi connectivity index (χ1) is 15.7. The summed E-state index contributed by atoms with van der Waals surface area (Å²) in [6.45, 7) is 16.1. The molecule has 0 bridgehead atoms. The number of benzene rings is 1. The van der Waals surface area contributed by atoms with E-state index < -0.39 is 0 Å². The number of fused-ring (bicyclic) bond motifs is 2. The average Bonchev–Trinajstić information content (AvgIpc) is 3.11. The van der Waals surface area contributed by atoms with Crippen molar-refractivity contribution in [1.82, 2.24) is 14.8 Å². The van der Waals surface area contributed by atoms with E-state index in [1.54, 1.807) is 7.11 Å². The number of H-pyrrole nitrogens is 1. The van der Waals surface area contributed by atoms with Crippen LogP contribution in [-0.4, -0.2) is 59.5 Å². The number of ether oxygens (including phenoxy) is 1. The van der Waals surface area contributed by atoms with E-state index in [2.05, 4.69) is 69.6 Å². The van der Waals surface area contributed by atoms with Crippen molar-refractivity contribution in [3.63, 3.8) is 0 Å². The van der Waals surface area contributed by atoms with Gasteiger partial charge in [0.25, 0.3) is 5.91 Å². The van der Waals surface area contributed by atoms with E-state index in [-0.39, 0.29) is 23.4 Å². The second-order valence-electron chi connectivity index (χ2n) is 10.6. The highest BCUT2D eigenvalue weighted by Gasteiger charge is 2.48. The van der Waals surface area contributed by atoms with Gasteiger partial charge < -0.3 is 19.5 Å². The van der Waals surface area contributed by atoms with Gasteiger partial charge in [0.15, 0.2) is 0 Å². The molecule has 0 radical (unpaired) electrons. The summed E-state index contributed by atoms with van der Waals surface area (Å²) in [7, 11) is 1.74. The quantitative estimate of drug-likeness (QED) is 0.675. The van der Waals surface area contributed by atoms with Crippen molar-refractivity contribution in [3.05, 3.63) is 52.3 Å². The third-order valence-corrected chi connectivity index (χ3v) is 8.20. The molecule has 2 atom stereocenters. The summed E-state index contributed by atoms with van der Waals surface area (Å²) in [6, 6.07) is 9.01. The van der Waals surface area contributed by atoms with E-state index >= 15 is 0 Å². The number of carbonyl (C=O) groups excluding carboxylic acids is 1. The van der Waals surface area contributed by atoms with E-state index in [4.69, 9.17) is 4.74 Å². The Balaban J connectivity index is 1.77. The first-order valence-corrected chi connectivity index (χ1v) is 12.6. The van der Waals surface area contributed by atoms with Crippen LogP contribution in [0.1, 0.15) is 73.9 Å². The van der Waals surface area contributed by atoms with Crippen LogP contribution in [-0.2, 0) is 18.3 Å². The maximum absolute atomic E-state index is 13.6. The van der Waals surface area contributed by atoms with Gasteiger partial charge >= 0.3 is 0 Å². The number of aromatic amines is 1. The third kappa shape index (κ3) is 4.09. The fraction of sp³-hybridized carbons (Fsp3) is 0.607. The normalized spacial score (nSPS) is 22.9. The SMILES string of the molecule is CCN1CCC2(c3cccc(OC)c3)Cc3[nH]c(C(=O)N(C(C)C)C(C)C)c(C)c3CC2C1. The lowest BCUT2D eigenvalue weighted by atomic mass is 9.58. The van der Waals surface area contributed by atoms with Gasteiger partial charge in [0.05, 0.1) is 7.11 Å². The number of likely N-dealkylation sites (tertiary alicyclic amines) is 1. The van der Waals surface area contributed by atoms with Crippen molar-refractivity contribution >= 4 is 5.91 Å².